The van der Waals surface area contributed by atoms with Crippen LogP contribution >= 0.6 is 11.8 Å². The number of hydrogen-bond donors (Lipinski definition) is 2. The molecule has 2 N–H and O–H groups in total. The van der Waals surface area contributed by atoms with E-state index in [9.17, 15) is 17.6 Å². The largest absolute Gasteiger partial charge is 0.347 e. The Balaban J connectivity index is 1.90. The first kappa shape index (κ1) is 22.3. The van der Waals surface area contributed by atoms with Crippen molar-refractivity contribution in [2.45, 2.75) is 29.5 Å². The number of nitrogens with zero attached hydrogens (tertiary/aromatic N) is 1. The average molecular weight is 451 g/mol. The zero-order chi connectivity index (χ0) is 22.1. The molecule has 1 atom stereocenters. The predicted molar refractivity (Wildman–Crippen MR) is 117 cm³/mol. The molecule has 2 aromatic carbocycles. The topological polar surface area (TPSA) is 88.4 Å². The number of thioether (sulfide) groups is 1. The van der Waals surface area contributed by atoms with E-state index in [-0.39, 0.29) is 18.8 Å². The van der Waals surface area contributed by atoms with Crippen LogP contribution in [0.25, 0.3) is 22.0 Å². The molecule has 0 spiro atoms. The molecule has 3 rings (SSSR count). The monoisotopic (exact) mass is 450 g/mol. The fraction of sp³-hybridized carbons (Fsp3) is 0.286. The minimum atomic E-state index is -3.76. The maximum atomic E-state index is 14.5. The number of aryl methyl sites for hydroxylation is 1. The Labute approximate surface area is 179 Å². The van der Waals surface area contributed by atoms with E-state index in [1.54, 1.807) is 12.3 Å². The van der Waals surface area contributed by atoms with Crippen molar-refractivity contribution in [3.05, 3.63) is 54.5 Å². The lowest BCUT2D eigenvalue weighted by Gasteiger charge is -2.25. The van der Waals surface area contributed by atoms with E-state index >= 15 is 0 Å². The molecular formula is C21H23FN2O4S2. The normalized spacial score (nSPS) is 13.9. The first-order valence-corrected chi connectivity index (χ1v) is 12.3. The Morgan fingerprint density at radius 3 is 2.57 bits per heavy atom. The SMILES string of the molecule is CSc1ccc(-c2ccc3c(ccn3CC[C@](C)(C(=O)NO)S(C)(=O)=O)c2)c(F)c1. The van der Waals surface area contributed by atoms with E-state index in [0.717, 1.165) is 27.6 Å². The van der Waals surface area contributed by atoms with Crippen LogP contribution in [0.3, 0.4) is 0 Å². The van der Waals surface area contributed by atoms with E-state index in [0.29, 0.717) is 5.56 Å². The van der Waals surface area contributed by atoms with Crippen molar-refractivity contribution in [3.8, 4) is 11.1 Å². The number of hydrogen-bond acceptors (Lipinski definition) is 5. The first-order valence-electron chi connectivity index (χ1n) is 9.17. The van der Waals surface area contributed by atoms with Crippen LogP contribution in [0.1, 0.15) is 13.3 Å². The van der Waals surface area contributed by atoms with E-state index < -0.39 is 20.5 Å². The number of hydroxylamine groups is 1. The second kappa shape index (κ2) is 8.41. The number of nitrogens with one attached hydrogen (secondary N) is 1. The Morgan fingerprint density at radius 1 is 1.23 bits per heavy atom. The molecule has 0 aliphatic carbocycles. The Morgan fingerprint density at radius 2 is 1.97 bits per heavy atom. The Hall–Kier alpha value is -2.36. The van der Waals surface area contributed by atoms with E-state index in [1.165, 1.54) is 30.2 Å². The molecule has 30 heavy (non-hydrogen) atoms. The molecule has 160 valence electrons. The van der Waals surface area contributed by atoms with Gasteiger partial charge in [-0.25, -0.2) is 18.3 Å². The van der Waals surface area contributed by atoms with Crippen molar-refractivity contribution < 1.29 is 22.8 Å². The number of amides is 1. The molecular weight excluding hydrogens is 427 g/mol. The highest BCUT2D eigenvalue weighted by atomic mass is 32.2. The smallest absolute Gasteiger partial charge is 0.264 e. The molecule has 6 nitrogen and oxygen atoms in total. The van der Waals surface area contributed by atoms with Gasteiger partial charge in [-0.15, -0.1) is 11.8 Å². The summed E-state index contributed by atoms with van der Waals surface area (Å²) >= 11 is 1.48. The average Bonchev–Trinajstić information content (AvgIpc) is 3.12. The van der Waals surface area contributed by atoms with Gasteiger partial charge >= 0.3 is 0 Å². The maximum Gasteiger partial charge on any atom is 0.264 e. The van der Waals surface area contributed by atoms with Gasteiger partial charge in [0.05, 0.1) is 0 Å². The van der Waals surface area contributed by atoms with Crippen molar-refractivity contribution in [3.63, 3.8) is 0 Å². The highest BCUT2D eigenvalue weighted by Crippen LogP contribution is 2.30. The molecule has 0 fully saturated rings. The number of rotatable bonds is 7. The molecule has 1 amide bonds. The summed E-state index contributed by atoms with van der Waals surface area (Å²) in [5, 5.41) is 9.82. The summed E-state index contributed by atoms with van der Waals surface area (Å²) in [6, 6.07) is 12.5. The maximum absolute atomic E-state index is 14.5. The van der Waals surface area contributed by atoms with Crippen molar-refractivity contribution in [1.82, 2.24) is 10.0 Å². The number of sulfone groups is 1. The van der Waals surface area contributed by atoms with Gasteiger partial charge in [0, 0.05) is 40.4 Å². The van der Waals surface area contributed by atoms with Crippen LogP contribution in [-0.4, -0.2) is 41.4 Å². The first-order chi connectivity index (χ1) is 14.1. The highest BCUT2D eigenvalue weighted by Gasteiger charge is 2.43. The minimum Gasteiger partial charge on any atom is -0.347 e. The van der Waals surface area contributed by atoms with Crippen molar-refractivity contribution >= 4 is 38.4 Å². The Bertz CT molecular complexity index is 1210. The lowest BCUT2D eigenvalue weighted by Crippen LogP contribution is -2.49. The van der Waals surface area contributed by atoms with Crippen LogP contribution in [0.15, 0.2) is 53.6 Å². The van der Waals surface area contributed by atoms with Gasteiger partial charge in [0.2, 0.25) is 0 Å². The lowest BCUT2D eigenvalue weighted by molar-refractivity contribution is -0.131. The molecule has 0 saturated heterocycles. The third kappa shape index (κ3) is 4.10. The van der Waals surface area contributed by atoms with E-state index in [2.05, 4.69) is 0 Å². The molecule has 9 heteroatoms. The number of fused-ring (bicyclic) bond motifs is 1. The summed E-state index contributed by atoms with van der Waals surface area (Å²) in [5.41, 5.74) is 3.54. The third-order valence-electron chi connectivity index (χ3n) is 5.49. The van der Waals surface area contributed by atoms with Crippen LogP contribution in [0.4, 0.5) is 4.39 Å². The number of benzene rings is 2. The summed E-state index contributed by atoms with van der Waals surface area (Å²) in [5.74, 6) is -1.26. The van der Waals surface area contributed by atoms with Gasteiger partial charge < -0.3 is 4.57 Å². The fourth-order valence-corrected chi connectivity index (χ4v) is 4.61. The standard InChI is InChI=1S/C21H23FN2O4S2/c1-21(20(25)23-26,30(3,27)28)9-11-24-10-8-15-12-14(4-7-19(15)24)17-6-5-16(29-2)13-18(17)22/h4-8,10,12-13,26H,9,11H2,1-3H3,(H,23,25)/t21-/m1/s1. The molecule has 0 bridgehead atoms. The summed E-state index contributed by atoms with van der Waals surface area (Å²) in [7, 11) is -3.76. The van der Waals surface area contributed by atoms with Crippen LogP contribution in [-0.2, 0) is 21.2 Å². The molecule has 1 heterocycles. The van der Waals surface area contributed by atoms with Gasteiger partial charge in [0.15, 0.2) is 14.6 Å². The second-order valence-electron chi connectivity index (χ2n) is 7.32. The number of carbonyl (C=O) groups excluding carboxylic acids is 1. The highest BCUT2D eigenvalue weighted by molar-refractivity contribution is 7.98. The van der Waals surface area contributed by atoms with Gasteiger partial charge in [-0.2, -0.15) is 0 Å². The van der Waals surface area contributed by atoms with Gasteiger partial charge in [0.1, 0.15) is 5.82 Å². The minimum absolute atomic E-state index is 0.0193. The number of halogens is 1. The van der Waals surface area contributed by atoms with Crippen LogP contribution in [0.5, 0.6) is 0 Å². The van der Waals surface area contributed by atoms with Crippen molar-refractivity contribution in [1.29, 1.82) is 0 Å². The quantitative estimate of drug-likeness (QED) is 0.324. The molecule has 3 aromatic rings. The van der Waals surface area contributed by atoms with Crippen LogP contribution in [0, 0.1) is 5.82 Å². The van der Waals surface area contributed by atoms with Gasteiger partial charge in [0.25, 0.3) is 5.91 Å². The van der Waals surface area contributed by atoms with E-state index in [4.69, 9.17) is 5.21 Å². The number of aromatic nitrogens is 1. The second-order valence-corrected chi connectivity index (χ2v) is 10.6. The van der Waals surface area contributed by atoms with Crippen LogP contribution < -0.4 is 5.48 Å². The molecule has 1 aromatic heterocycles. The molecule has 0 aliphatic heterocycles. The van der Waals surface area contributed by atoms with Crippen molar-refractivity contribution in [2.24, 2.45) is 0 Å². The molecule has 0 aliphatic rings. The molecule has 0 unspecified atom stereocenters. The predicted octanol–water partition coefficient (Wildman–Crippen LogP) is 3.87. The van der Waals surface area contributed by atoms with Crippen LogP contribution in [0.2, 0.25) is 0 Å². The summed E-state index contributed by atoms with van der Waals surface area (Å²) in [6.45, 7) is 1.54. The molecule has 0 radical (unpaired) electrons. The van der Waals surface area contributed by atoms with E-state index in [1.807, 2.05) is 41.2 Å². The zero-order valence-electron chi connectivity index (χ0n) is 16.8. The van der Waals surface area contributed by atoms with Gasteiger partial charge in [-0.3, -0.25) is 10.0 Å². The fourth-order valence-electron chi connectivity index (χ4n) is 3.34. The summed E-state index contributed by atoms with van der Waals surface area (Å²) in [6.07, 6.45) is 4.64. The van der Waals surface area contributed by atoms with Gasteiger partial charge in [-0.05, 0) is 55.5 Å². The Kier molecular flexibility index (Phi) is 6.26. The van der Waals surface area contributed by atoms with Crippen molar-refractivity contribution in [2.75, 3.05) is 12.5 Å². The third-order valence-corrected chi connectivity index (χ3v) is 8.24. The zero-order valence-corrected chi connectivity index (χ0v) is 18.5. The summed E-state index contributed by atoms with van der Waals surface area (Å²) in [4.78, 5) is 12.8. The van der Waals surface area contributed by atoms with Gasteiger partial charge in [-0.1, -0.05) is 12.1 Å². The lowest BCUT2D eigenvalue weighted by atomic mass is 10.0. The number of carbonyl (C=O) groups is 1. The molecule has 0 saturated carbocycles. The summed E-state index contributed by atoms with van der Waals surface area (Å²) < 4.78 is 38.8.